The van der Waals surface area contributed by atoms with Crippen LogP contribution in [0.25, 0.3) is 0 Å². The van der Waals surface area contributed by atoms with Crippen LogP contribution in [0.15, 0.2) is 0 Å². The van der Waals surface area contributed by atoms with Gasteiger partial charge in [0.2, 0.25) is 17.1 Å². The second-order valence-electron chi connectivity index (χ2n) is 5.82. The minimum Gasteiger partial charge on any atom is -1.00 e. The number of carbonyl (C=O) groups excluding carboxylic acids is 5. The van der Waals surface area contributed by atoms with Gasteiger partial charge >= 0.3 is 36.3 Å². The SMILES string of the molecule is C.C.C.CC(=O)CCCNC(C)=O.CC(=O)Cl.CC(=O)NCCN.CC(=O)O.CN.CN.CN.COC(C)=O.NCCN.[Be+2].[Be+2].[Be+2].[H-].[H-].[H-].[H-].[H-].[H-]. The molecule has 0 heterocycles. The van der Waals surface area contributed by atoms with Gasteiger partial charge in [-0.1, -0.05) is 22.3 Å². The topological polar surface area (TPSA) is 312 Å². The van der Waals surface area contributed by atoms with E-state index in [1.165, 1.54) is 55.9 Å². The summed E-state index contributed by atoms with van der Waals surface area (Å²) in [6, 6.07) is 0. The summed E-state index contributed by atoms with van der Waals surface area (Å²) in [5.74, 6) is -0.968. The molecule has 0 aromatic rings. The van der Waals surface area contributed by atoms with E-state index in [1.54, 1.807) is 6.92 Å². The molecule has 0 aliphatic rings. The van der Waals surface area contributed by atoms with Crippen LogP contribution in [0.3, 0.4) is 0 Å². The summed E-state index contributed by atoms with van der Waals surface area (Å²) in [5.41, 5.74) is 28.4. The Labute approximate surface area is 306 Å². The van der Waals surface area contributed by atoms with Crippen molar-refractivity contribution < 1.29 is 47.2 Å². The molecule has 0 atom stereocenters. The van der Waals surface area contributed by atoms with E-state index in [2.05, 4.69) is 44.2 Å². The van der Waals surface area contributed by atoms with Crippen LogP contribution in [0.1, 0.15) is 85.2 Å². The average Bonchev–Trinajstić information content (AvgIpc) is 2.89. The van der Waals surface area contributed by atoms with Crippen molar-refractivity contribution in [2.75, 3.05) is 61.0 Å². The molecule has 282 valence electrons. The first-order valence-electron chi connectivity index (χ1n) is 11.8. The Hall–Kier alpha value is -2.22. The van der Waals surface area contributed by atoms with E-state index >= 15 is 0 Å². The van der Waals surface area contributed by atoms with Crippen molar-refractivity contribution in [3.63, 3.8) is 0 Å². The molecule has 0 bridgehead atoms. The number of ketones is 1. The molecule has 0 saturated carbocycles. The number of amides is 2. The van der Waals surface area contributed by atoms with Gasteiger partial charge in [-0.15, -0.1) is 0 Å². The molecule has 0 radical (unpaired) electrons. The van der Waals surface area contributed by atoms with Crippen LogP contribution in [-0.4, -0.2) is 131 Å². The summed E-state index contributed by atoms with van der Waals surface area (Å²) in [6.45, 7) is 11.1. The predicted molar refractivity (Wildman–Crippen MR) is 206 cm³/mol. The van der Waals surface area contributed by atoms with Gasteiger partial charge in [0.05, 0.1) is 7.11 Å². The second kappa shape index (κ2) is 112. The number of rotatable bonds is 7. The summed E-state index contributed by atoms with van der Waals surface area (Å²) in [5, 5.41) is 12.2. The standard InChI is InChI=1S/C7H13NO2.C4H10N2O.C3H6O2.C2H3ClO.C2H8N2.C2H4O2.3CH5N.3CH4.3Be.6H/c1-6(9)4-3-5-8-7(2)10;1-4(7)6-3-2-5;1-3(4)5-2;1-2(3)4;3-1-2-4;1-2(3)4;3*1-2;;;;;;;;;;;;/h3-5H2,1-2H3,(H,8,10);2-3,5H2,1H3,(H,6,7);1-2H3;1H3;1-4H2;1H3,(H,3,4);3*2H2,1H3;3*1H4;;;;;;;;;/q;;;;;;;;;;;;3*+2;6*-1. The minimum atomic E-state index is -0.833. The van der Waals surface area contributed by atoms with Gasteiger partial charge in [-0.3, -0.25) is 24.0 Å². The molecule has 16 nitrogen and oxygen atoms in total. The second-order valence-corrected chi connectivity index (χ2v) is 6.35. The zero-order chi connectivity index (χ0) is 34.5. The molecule has 0 saturated heterocycles. The third-order valence-corrected chi connectivity index (χ3v) is 2.05. The van der Waals surface area contributed by atoms with E-state index in [0.717, 1.165) is 13.3 Å². The Kier molecular flexibility index (Phi) is 236. The molecule has 0 fully saturated rings. The quantitative estimate of drug-likeness (QED) is 0.0715. The number of carboxylic acid groups (broad SMARTS) is 1. The molecular weight excluding hydrogens is 615 g/mol. The fourth-order valence-corrected chi connectivity index (χ4v) is 0.850. The van der Waals surface area contributed by atoms with Crippen LogP contribution < -0.4 is 45.0 Å². The maximum absolute atomic E-state index is 10.4. The van der Waals surface area contributed by atoms with Crippen molar-refractivity contribution in [1.82, 2.24) is 10.6 Å². The van der Waals surface area contributed by atoms with Crippen LogP contribution in [0, 0.1) is 0 Å². The molecule has 46 heavy (non-hydrogen) atoms. The molecule has 15 N–H and O–H groups in total. The molecular formula is C26H77Be3ClN8O8. The largest absolute Gasteiger partial charge is 2.00 e. The summed E-state index contributed by atoms with van der Waals surface area (Å²) >= 11 is 4.64. The van der Waals surface area contributed by atoms with Crippen LogP contribution in [0.5, 0.6) is 0 Å². The first kappa shape index (κ1) is 96.7. The van der Waals surface area contributed by atoms with E-state index in [9.17, 15) is 24.0 Å². The Balaban J connectivity index is -0.0000000111. The molecule has 0 spiro atoms. The van der Waals surface area contributed by atoms with E-state index in [1.807, 2.05) is 0 Å². The fourth-order valence-electron chi connectivity index (χ4n) is 0.850. The van der Waals surface area contributed by atoms with Gasteiger partial charge < -0.3 is 68.2 Å². The average molecular weight is 692 g/mol. The van der Waals surface area contributed by atoms with Crippen molar-refractivity contribution in [3.05, 3.63) is 0 Å². The maximum Gasteiger partial charge on any atom is 2.00 e. The number of methoxy groups -OCH3 is 1. The Bertz CT molecular complexity index is 552. The van der Waals surface area contributed by atoms with Crippen LogP contribution in [0.2, 0.25) is 0 Å². The monoisotopic (exact) mass is 692 g/mol. The summed E-state index contributed by atoms with van der Waals surface area (Å²) < 4.78 is 4.11. The summed E-state index contributed by atoms with van der Waals surface area (Å²) in [7, 11) is 5.85. The Morgan fingerprint density at radius 1 is 0.652 bits per heavy atom. The number of halogens is 1. The number of carboxylic acids is 1. The van der Waals surface area contributed by atoms with E-state index in [0.29, 0.717) is 39.1 Å². The number of carbonyl (C=O) groups is 6. The van der Waals surface area contributed by atoms with Gasteiger partial charge in [0.25, 0.3) is 5.97 Å². The van der Waals surface area contributed by atoms with E-state index in [4.69, 9.17) is 27.1 Å². The van der Waals surface area contributed by atoms with E-state index in [-0.39, 0.29) is 90.0 Å². The van der Waals surface area contributed by atoms with Crippen molar-refractivity contribution >= 4 is 76.7 Å². The van der Waals surface area contributed by atoms with Gasteiger partial charge in [0.15, 0.2) is 0 Å². The normalized spacial score (nSPS) is 6.11. The van der Waals surface area contributed by atoms with Crippen LogP contribution in [-0.2, 0) is 33.5 Å². The number of nitrogens with one attached hydrogen (secondary N) is 2. The minimum absolute atomic E-state index is 0. The smallest absolute Gasteiger partial charge is 1.00 e. The van der Waals surface area contributed by atoms with Gasteiger partial charge in [0.1, 0.15) is 5.78 Å². The van der Waals surface area contributed by atoms with Crippen LogP contribution in [0.4, 0.5) is 0 Å². The molecule has 20 heteroatoms. The van der Waals surface area contributed by atoms with Gasteiger partial charge in [-0.2, -0.15) is 0 Å². The van der Waals surface area contributed by atoms with Gasteiger partial charge in [-0.25, -0.2) is 0 Å². The molecule has 0 unspecified atom stereocenters. The molecule has 0 aromatic heterocycles. The molecule has 0 aromatic carbocycles. The number of nitrogens with two attached hydrogens (primary N) is 6. The van der Waals surface area contributed by atoms with Crippen molar-refractivity contribution in [2.45, 2.75) is 76.7 Å². The van der Waals surface area contributed by atoms with Gasteiger partial charge in [0, 0.05) is 73.8 Å². The fraction of sp³-hybridized carbons (Fsp3) is 0.769. The zero-order valence-electron chi connectivity index (χ0n) is 34.2. The number of hydrogen-bond donors (Lipinski definition) is 9. The number of ether oxygens (including phenoxy) is 1. The van der Waals surface area contributed by atoms with E-state index < -0.39 is 5.97 Å². The molecule has 2 amide bonds. The van der Waals surface area contributed by atoms with Crippen molar-refractivity contribution in [2.24, 2.45) is 34.4 Å². The Morgan fingerprint density at radius 3 is 0.978 bits per heavy atom. The molecule has 0 rings (SSSR count). The third kappa shape index (κ3) is 501. The first-order chi connectivity index (χ1) is 18.5. The Morgan fingerprint density at radius 2 is 0.870 bits per heavy atom. The number of aliphatic carboxylic acids is 1. The molecule has 0 aliphatic carbocycles. The third-order valence-electron chi connectivity index (χ3n) is 2.05. The predicted octanol–water partition coefficient (Wildman–Crippen LogP) is -0.316. The molecule has 0 aliphatic heterocycles. The summed E-state index contributed by atoms with van der Waals surface area (Å²) in [6.07, 6.45) is 1.30. The number of hydrogen-bond acceptors (Lipinski definition) is 13. The van der Waals surface area contributed by atoms with Crippen LogP contribution >= 0.6 is 11.6 Å². The zero-order valence-corrected chi connectivity index (χ0v) is 29.0. The maximum atomic E-state index is 10.4. The number of Topliss-reactive ketones (excluding diaryl/α,β-unsaturated/α-hetero) is 1. The van der Waals surface area contributed by atoms with Gasteiger partial charge in [-0.05, 0) is 46.1 Å². The first-order valence-corrected chi connectivity index (χ1v) is 12.1. The number of esters is 1. The van der Waals surface area contributed by atoms with Crippen molar-refractivity contribution in [1.29, 1.82) is 0 Å². The van der Waals surface area contributed by atoms with Crippen molar-refractivity contribution in [3.8, 4) is 0 Å². The summed E-state index contributed by atoms with van der Waals surface area (Å²) in [4.78, 5) is 58.5.